The zero-order valence-electron chi connectivity index (χ0n) is 21.6. The first kappa shape index (κ1) is 26.8. The van der Waals surface area contributed by atoms with E-state index < -0.39 is 0 Å². The predicted octanol–water partition coefficient (Wildman–Crippen LogP) is 4.70. The first-order valence-electron chi connectivity index (χ1n) is 13.0. The van der Waals surface area contributed by atoms with E-state index in [0.29, 0.717) is 36.0 Å². The summed E-state index contributed by atoms with van der Waals surface area (Å²) in [6.45, 7) is 10.3. The van der Waals surface area contributed by atoms with Gasteiger partial charge >= 0.3 is 0 Å². The van der Waals surface area contributed by atoms with Crippen molar-refractivity contribution in [2.24, 2.45) is 4.99 Å². The van der Waals surface area contributed by atoms with E-state index in [0.717, 1.165) is 57.1 Å². The highest BCUT2D eigenvalue weighted by Gasteiger charge is 2.33. The van der Waals surface area contributed by atoms with E-state index in [4.69, 9.17) is 37.3 Å². The lowest BCUT2D eigenvalue weighted by molar-refractivity contribution is 0.0690. The van der Waals surface area contributed by atoms with Crippen LogP contribution in [-0.2, 0) is 11.3 Å². The molecule has 10 nitrogen and oxygen atoms in total. The number of benzene rings is 1. The maximum atomic E-state index is 6.62. The minimum atomic E-state index is 0.204. The van der Waals surface area contributed by atoms with Gasteiger partial charge in [-0.3, -0.25) is 9.80 Å². The quantitative estimate of drug-likeness (QED) is 0.287. The van der Waals surface area contributed by atoms with E-state index in [2.05, 4.69) is 53.9 Å². The number of nitrogens with zero attached hydrogens (tertiary/aromatic N) is 8. The highest BCUT2D eigenvalue weighted by molar-refractivity contribution is 6.32. The molecule has 0 spiro atoms. The molecule has 0 amide bonds. The van der Waals surface area contributed by atoms with Gasteiger partial charge in [0, 0.05) is 43.3 Å². The molecule has 2 aliphatic heterocycles. The molecule has 2 aliphatic rings. The fourth-order valence-corrected chi connectivity index (χ4v) is 5.61. The van der Waals surface area contributed by atoms with E-state index >= 15 is 0 Å². The van der Waals surface area contributed by atoms with Crippen LogP contribution < -0.4 is 4.90 Å². The Morgan fingerprint density at radius 1 is 1.11 bits per heavy atom. The van der Waals surface area contributed by atoms with Crippen molar-refractivity contribution in [1.29, 1.82) is 0 Å². The Morgan fingerprint density at radius 3 is 2.58 bits per heavy atom. The van der Waals surface area contributed by atoms with Gasteiger partial charge in [-0.1, -0.05) is 35.3 Å². The number of hydrogen-bond acceptors (Lipinski definition) is 10. The Morgan fingerprint density at radius 2 is 1.89 bits per heavy atom. The van der Waals surface area contributed by atoms with Crippen molar-refractivity contribution in [1.82, 2.24) is 30.0 Å². The van der Waals surface area contributed by atoms with E-state index in [1.807, 2.05) is 19.1 Å². The summed E-state index contributed by atoms with van der Waals surface area (Å²) in [7, 11) is 0. The molecular weight excluding hydrogens is 527 g/mol. The minimum absolute atomic E-state index is 0.204. The third kappa shape index (κ3) is 6.26. The maximum Gasteiger partial charge on any atom is 0.270 e. The summed E-state index contributed by atoms with van der Waals surface area (Å²) in [4.78, 5) is 21.0. The number of rotatable bonds is 8. The van der Waals surface area contributed by atoms with E-state index in [1.165, 1.54) is 18.4 Å². The minimum Gasteiger partial charge on any atom is -0.483 e. The summed E-state index contributed by atoms with van der Waals surface area (Å²) in [6.07, 6.45) is 4.90. The van der Waals surface area contributed by atoms with Gasteiger partial charge in [-0.2, -0.15) is 4.99 Å². The molecule has 1 aromatic carbocycles. The van der Waals surface area contributed by atoms with Crippen LogP contribution in [0.5, 0.6) is 0 Å². The molecule has 0 saturated carbocycles. The number of likely N-dealkylation sites (tertiary alicyclic amines) is 1. The molecule has 4 heterocycles. The Bertz CT molecular complexity index is 1220. The van der Waals surface area contributed by atoms with Crippen molar-refractivity contribution in [3.05, 3.63) is 46.4 Å². The average Bonchev–Trinajstić information content (AvgIpc) is 3.46. The second-order valence-electron chi connectivity index (χ2n) is 9.61. The van der Waals surface area contributed by atoms with Crippen LogP contribution in [0.25, 0.3) is 11.6 Å². The zero-order chi connectivity index (χ0) is 26.5. The van der Waals surface area contributed by atoms with Gasteiger partial charge in [0.15, 0.2) is 28.9 Å². The van der Waals surface area contributed by atoms with Crippen LogP contribution in [0.4, 0.5) is 11.6 Å². The summed E-state index contributed by atoms with van der Waals surface area (Å²) in [5.74, 6) is 1.13. The van der Waals surface area contributed by atoms with Crippen molar-refractivity contribution in [3.63, 3.8) is 0 Å². The molecule has 2 aromatic heterocycles. The highest BCUT2D eigenvalue weighted by Crippen LogP contribution is 2.34. The molecule has 202 valence electrons. The molecule has 5 rings (SSSR count). The number of piperidine rings is 1. The summed E-state index contributed by atoms with van der Waals surface area (Å²) in [5.41, 5.74) is 1.63. The molecule has 0 aliphatic carbocycles. The number of halogens is 2. The molecular formula is C26H32Cl2N8O2. The topological polar surface area (TPSA) is 96.0 Å². The fraction of sp³-hybridized carbons (Fsp3) is 0.500. The second-order valence-corrected chi connectivity index (χ2v) is 10.4. The number of aliphatic imine (C=N–C) groups is 1. The summed E-state index contributed by atoms with van der Waals surface area (Å²) < 4.78 is 10.6. The van der Waals surface area contributed by atoms with Crippen LogP contribution in [0, 0.1) is 0 Å². The van der Waals surface area contributed by atoms with Crippen LogP contribution in [0.3, 0.4) is 0 Å². The molecule has 0 radical (unpaired) electrons. The standard InChI is InChI=1S/C26H32Cl2N8O2/c1-3-37-16-29-24-22(26-33-30-17-38-26)31-23(28)25(32-24)35-12-13-36(18(2)14-35)21-8-10-34(11-9-21)15-19-4-6-20(27)7-5-19/h4-7,16-18,21H,3,8-15H2,1-2H3/b29-16-. The van der Waals surface area contributed by atoms with Gasteiger partial charge < -0.3 is 14.1 Å². The monoisotopic (exact) mass is 558 g/mol. The number of hydrogen-bond donors (Lipinski definition) is 0. The third-order valence-corrected chi connectivity index (χ3v) is 7.63. The first-order valence-corrected chi connectivity index (χ1v) is 13.7. The zero-order valence-corrected chi connectivity index (χ0v) is 23.1. The Balaban J connectivity index is 1.23. The smallest absolute Gasteiger partial charge is 0.270 e. The van der Waals surface area contributed by atoms with Gasteiger partial charge in [0.05, 0.1) is 6.61 Å². The summed E-state index contributed by atoms with van der Waals surface area (Å²) in [6, 6.07) is 9.09. The average molecular weight is 560 g/mol. The van der Waals surface area contributed by atoms with Crippen LogP contribution in [-0.4, -0.2) is 87.8 Å². The van der Waals surface area contributed by atoms with Crippen molar-refractivity contribution in [2.45, 2.75) is 45.3 Å². The normalized spacial score (nSPS) is 19.9. The largest absolute Gasteiger partial charge is 0.483 e. The van der Waals surface area contributed by atoms with Crippen molar-refractivity contribution >= 4 is 41.2 Å². The van der Waals surface area contributed by atoms with E-state index in [-0.39, 0.29) is 11.0 Å². The number of ether oxygens (including phenoxy) is 1. The summed E-state index contributed by atoms with van der Waals surface area (Å²) in [5, 5.41) is 8.74. The Hall–Kier alpha value is -2.79. The molecule has 1 atom stereocenters. The van der Waals surface area contributed by atoms with Crippen LogP contribution in [0.15, 0.2) is 40.1 Å². The van der Waals surface area contributed by atoms with Gasteiger partial charge in [-0.15, -0.1) is 10.2 Å². The lowest BCUT2D eigenvalue weighted by atomic mass is 9.99. The predicted molar refractivity (Wildman–Crippen MR) is 148 cm³/mol. The molecule has 12 heteroatoms. The van der Waals surface area contributed by atoms with Gasteiger partial charge in [0.25, 0.3) is 5.89 Å². The summed E-state index contributed by atoms with van der Waals surface area (Å²) >= 11 is 12.7. The third-order valence-electron chi connectivity index (χ3n) is 7.12. The molecule has 2 fully saturated rings. The highest BCUT2D eigenvalue weighted by atomic mass is 35.5. The molecule has 3 aromatic rings. The Kier molecular flexibility index (Phi) is 8.73. The number of aromatic nitrogens is 4. The molecule has 2 saturated heterocycles. The van der Waals surface area contributed by atoms with Crippen LogP contribution in [0.1, 0.15) is 32.3 Å². The van der Waals surface area contributed by atoms with Crippen molar-refractivity contribution in [2.75, 3.05) is 44.2 Å². The van der Waals surface area contributed by atoms with Crippen LogP contribution in [0.2, 0.25) is 10.2 Å². The van der Waals surface area contributed by atoms with Crippen LogP contribution >= 0.6 is 23.2 Å². The van der Waals surface area contributed by atoms with Gasteiger partial charge in [-0.25, -0.2) is 9.97 Å². The Labute approximate surface area is 232 Å². The first-order chi connectivity index (χ1) is 18.5. The van der Waals surface area contributed by atoms with Gasteiger partial charge in [-0.05, 0) is 57.5 Å². The van der Waals surface area contributed by atoms with Gasteiger partial charge in [0.1, 0.15) is 0 Å². The van der Waals surface area contributed by atoms with Crippen molar-refractivity contribution in [3.8, 4) is 11.6 Å². The maximum absolute atomic E-state index is 6.62. The number of piperazine rings is 1. The van der Waals surface area contributed by atoms with E-state index in [1.54, 1.807) is 0 Å². The fourth-order valence-electron chi connectivity index (χ4n) is 5.23. The van der Waals surface area contributed by atoms with Gasteiger partial charge in [0.2, 0.25) is 6.39 Å². The molecule has 1 unspecified atom stereocenters. The van der Waals surface area contributed by atoms with E-state index in [9.17, 15) is 0 Å². The second kappa shape index (κ2) is 12.4. The lowest BCUT2D eigenvalue weighted by Crippen LogP contribution is -2.57. The lowest BCUT2D eigenvalue weighted by Gasteiger charge is -2.46. The van der Waals surface area contributed by atoms with Crippen molar-refractivity contribution < 1.29 is 9.15 Å². The SMILES string of the molecule is CCO/C=N\c1nc(N2CCN(C3CCN(Cc4ccc(Cl)cc4)CC3)C(C)C2)c(Cl)nc1-c1nnco1. The molecule has 0 N–H and O–H groups in total. The number of anilines is 1. The molecule has 0 bridgehead atoms. The molecule has 38 heavy (non-hydrogen) atoms.